The molecule has 0 saturated carbocycles. The van der Waals surface area contributed by atoms with Gasteiger partial charge in [0.1, 0.15) is 16.1 Å². The molecule has 1 aromatic heterocycles. The van der Waals surface area contributed by atoms with Gasteiger partial charge in [-0.1, -0.05) is 0 Å². The lowest BCUT2D eigenvalue weighted by Gasteiger charge is -2.22. The van der Waals surface area contributed by atoms with Gasteiger partial charge in [-0.15, -0.1) is 0 Å². The van der Waals surface area contributed by atoms with Gasteiger partial charge in [0.05, 0.1) is 12.3 Å². The molecule has 0 aromatic carbocycles. The molecule has 0 saturated heterocycles. The number of nitrogens with one attached hydrogen (secondary N) is 1. The van der Waals surface area contributed by atoms with Crippen LogP contribution in [0.4, 0.5) is 5.00 Å². The summed E-state index contributed by atoms with van der Waals surface area (Å²) in [6.07, 6.45) is 0. The summed E-state index contributed by atoms with van der Waals surface area (Å²) >= 11 is 1.10. The molecule has 0 atom stereocenters. The molecule has 18 heavy (non-hydrogen) atoms. The van der Waals surface area contributed by atoms with E-state index in [2.05, 4.69) is 9.69 Å². The number of esters is 1. The van der Waals surface area contributed by atoms with Gasteiger partial charge in [-0.25, -0.2) is 4.79 Å². The first-order chi connectivity index (χ1) is 8.29. The van der Waals surface area contributed by atoms with E-state index in [0.29, 0.717) is 16.3 Å². The molecule has 0 aliphatic carbocycles. The van der Waals surface area contributed by atoms with Crippen LogP contribution in [0.15, 0.2) is 0 Å². The van der Waals surface area contributed by atoms with Crippen molar-refractivity contribution in [2.75, 3.05) is 11.9 Å². The first-order valence-electron chi connectivity index (χ1n) is 5.51. The summed E-state index contributed by atoms with van der Waals surface area (Å²) in [6, 6.07) is 0. The van der Waals surface area contributed by atoms with Crippen molar-refractivity contribution in [3.63, 3.8) is 0 Å². The van der Waals surface area contributed by atoms with Gasteiger partial charge in [0, 0.05) is 0 Å². The van der Waals surface area contributed by atoms with Gasteiger partial charge >= 0.3 is 5.97 Å². The number of aryl methyl sites for hydroxylation is 1. The average molecular weight is 271 g/mol. The van der Waals surface area contributed by atoms with Crippen LogP contribution in [0.3, 0.4) is 0 Å². The zero-order chi connectivity index (χ0) is 13.9. The Hall–Kier alpha value is -1.63. The zero-order valence-corrected chi connectivity index (χ0v) is 11.7. The smallest absolute Gasteiger partial charge is 0.343 e. The standard InChI is InChI=1S/C11H17N3O3S/c1-5-17-9(15)7-6(2)14-18-8(7)13-11(3,4)10(12)16/h13H,5H2,1-4H3,(H2,12,16). The van der Waals surface area contributed by atoms with E-state index in [1.807, 2.05) is 0 Å². The van der Waals surface area contributed by atoms with Crippen LogP contribution in [0, 0.1) is 6.92 Å². The molecule has 6 nitrogen and oxygen atoms in total. The predicted molar refractivity (Wildman–Crippen MR) is 69.7 cm³/mol. The van der Waals surface area contributed by atoms with Crippen molar-refractivity contribution in [3.05, 3.63) is 11.3 Å². The van der Waals surface area contributed by atoms with Crippen molar-refractivity contribution < 1.29 is 14.3 Å². The van der Waals surface area contributed by atoms with Crippen LogP contribution >= 0.6 is 11.5 Å². The number of nitrogens with two attached hydrogens (primary N) is 1. The number of carbonyl (C=O) groups excluding carboxylic acids is 2. The number of nitrogens with zero attached hydrogens (tertiary/aromatic N) is 1. The van der Waals surface area contributed by atoms with Crippen LogP contribution < -0.4 is 11.1 Å². The van der Waals surface area contributed by atoms with Crippen LogP contribution in [0.25, 0.3) is 0 Å². The molecular weight excluding hydrogens is 254 g/mol. The number of aromatic nitrogens is 1. The normalized spacial score (nSPS) is 11.1. The molecule has 100 valence electrons. The lowest BCUT2D eigenvalue weighted by atomic mass is 10.1. The van der Waals surface area contributed by atoms with Gasteiger partial charge in [0.15, 0.2) is 0 Å². The van der Waals surface area contributed by atoms with Crippen molar-refractivity contribution in [1.82, 2.24) is 4.37 Å². The molecule has 1 aromatic rings. The fourth-order valence-corrected chi connectivity index (χ4v) is 2.19. The highest BCUT2D eigenvalue weighted by molar-refractivity contribution is 7.10. The van der Waals surface area contributed by atoms with Crippen molar-refractivity contribution in [3.8, 4) is 0 Å². The molecule has 0 fully saturated rings. The molecule has 0 radical (unpaired) electrons. The number of amides is 1. The predicted octanol–water partition coefficient (Wildman–Crippen LogP) is 1.30. The molecular formula is C11H17N3O3S. The summed E-state index contributed by atoms with van der Waals surface area (Å²) in [6.45, 7) is 7.00. The number of anilines is 1. The molecule has 0 aliphatic heterocycles. The van der Waals surface area contributed by atoms with Crippen molar-refractivity contribution in [2.24, 2.45) is 5.73 Å². The first-order valence-corrected chi connectivity index (χ1v) is 6.28. The molecule has 0 aliphatic rings. The molecule has 1 rings (SSSR count). The maximum atomic E-state index is 11.8. The number of carbonyl (C=O) groups is 2. The minimum atomic E-state index is -0.958. The van der Waals surface area contributed by atoms with Crippen molar-refractivity contribution in [2.45, 2.75) is 33.2 Å². The Labute approximate surface area is 110 Å². The van der Waals surface area contributed by atoms with Gasteiger partial charge < -0.3 is 15.8 Å². The lowest BCUT2D eigenvalue weighted by Crippen LogP contribution is -2.45. The highest BCUT2D eigenvalue weighted by Gasteiger charge is 2.29. The number of hydrogen-bond acceptors (Lipinski definition) is 6. The molecule has 7 heteroatoms. The van der Waals surface area contributed by atoms with Crippen molar-refractivity contribution >= 4 is 28.4 Å². The van der Waals surface area contributed by atoms with Gasteiger partial charge in [-0.3, -0.25) is 4.79 Å². The maximum Gasteiger partial charge on any atom is 0.343 e. The quantitative estimate of drug-likeness (QED) is 0.787. The molecule has 3 N–H and O–H groups in total. The van der Waals surface area contributed by atoms with E-state index in [4.69, 9.17) is 10.5 Å². The van der Waals surface area contributed by atoms with E-state index < -0.39 is 17.4 Å². The highest BCUT2D eigenvalue weighted by atomic mass is 32.1. The van der Waals surface area contributed by atoms with Crippen LogP contribution in [0.2, 0.25) is 0 Å². The Morgan fingerprint density at radius 3 is 2.61 bits per heavy atom. The van der Waals surface area contributed by atoms with E-state index >= 15 is 0 Å². The van der Waals surface area contributed by atoms with Crippen LogP contribution in [-0.4, -0.2) is 28.4 Å². The summed E-state index contributed by atoms with van der Waals surface area (Å²) in [5.74, 6) is -0.963. The Balaban J connectivity index is 3.04. The number of rotatable bonds is 5. The molecule has 0 spiro atoms. The largest absolute Gasteiger partial charge is 0.462 e. The molecule has 0 unspecified atom stereocenters. The number of primary amides is 1. The van der Waals surface area contributed by atoms with E-state index in [1.54, 1.807) is 27.7 Å². The summed E-state index contributed by atoms with van der Waals surface area (Å²) in [5, 5.41) is 3.42. The third-order valence-corrected chi connectivity index (χ3v) is 3.24. The van der Waals surface area contributed by atoms with Crippen LogP contribution in [0.5, 0.6) is 0 Å². The molecule has 1 heterocycles. The lowest BCUT2D eigenvalue weighted by molar-refractivity contribution is -0.121. The van der Waals surface area contributed by atoms with Gasteiger partial charge in [0.2, 0.25) is 5.91 Å². The van der Waals surface area contributed by atoms with E-state index in [0.717, 1.165) is 11.5 Å². The zero-order valence-electron chi connectivity index (χ0n) is 10.9. The average Bonchev–Trinajstić information content (AvgIpc) is 2.59. The highest BCUT2D eigenvalue weighted by Crippen LogP contribution is 2.28. The van der Waals surface area contributed by atoms with E-state index in [1.165, 1.54) is 0 Å². The summed E-state index contributed by atoms with van der Waals surface area (Å²) < 4.78 is 9.04. The number of ether oxygens (including phenoxy) is 1. The van der Waals surface area contributed by atoms with E-state index in [9.17, 15) is 9.59 Å². The summed E-state index contributed by atoms with van der Waals surface area (Å²) in [7, 11) is 0. The topological polar surface area (TPSA) is 94.3 Å². The maximum absolute atomic E-state index is 11.8. The summed E-state index contributed by atoms with van der Waals surface area (Å²) in [5.41, 5.74) is 5.25. The second-order valence-electron chi connectivity index (χ2n) is 4.31. The number of hydrogen-bond donors (Lipinski definition) is 2. The van der Waals surface area contributed by atoms with Crippen LogP contribution in [-0.2, 0) is 9.53 Å². The summed E-state index contributed by atoms with van der Waals surface area (Å²) in [4.78, 5) is 23.1. The Bertz CT molecular complexity index is 468. The SMILES string of the molecule is CCOC(=O)c1c(C)nsc1NC(C)(C)C(N)=O. The second-order valence-corrected chi connectivity index (χ2v) is 5.08. The van der Waals surface area contributed by atoms with E-state index in [-0.39, 0.29) is 6.61 Å². The Morgan fingerprint density at radius 2 is 2.11 bits per heavy atom. The molecule has 1 amide bonds. The fraction of sp³-hybridized carbons (Fsp3) is 0.545. The minimum absolute atomic E-state index is 0.284. The van der Waals surface area contributed by atoms with Crippen LogP contribution in [0.1, 0.15) is 36.8 Å². The Morgan fingerprint density at radius 1 is 1.50 bits per heavy atom. The minimum Gasteiger partial charge on any atom is -0.462 e. The third kappa shape index (κ3) is 2.98. The monoisotopic (exact) mass is 271 g/mol. The van der Waals surface area contributed by atoms with Gasteiger partial charge in [-0.2, -0.15) is 4.37 Å². The molecule has 0 bridgehead atoms. The third-order valence-electron chi connectivity index (χ3n) is 2.38. The van der Waals surface area contributed by atoms with Gasteiger partial charge in [-0.05, 0) is 39.2 Å². The van der Waals surface area contributed by atoms with Gasteiger partial charge in [0.25, 0.3) is 0 Å². The van der Waals surface area contributed by atoms with Crippen molar-refractivity contribution in [1.29, 1.82) is 0 Å². The second kappa shape index (κ2) is 5.34. The first kappa shape index (κ1) is 14.4. The Kier molecular flexibility index (Phi) is 4.28. The fourth-order valence-electron chi connectivity index (χ4n) is 1.24.